The van der Waals surface area contributed by atoms with Gasteiger partial charge in [-0.15, -0.1) is 0 Å². The van der Waals surface area contributed by atoms with Crippen molar-refractivity contribution in [3.63, 3.8) is 0 Å². The Kier molecular flexibility index (Phi) is 6.10. The number of carboxylic acids is 1. The van der Waals surface area contributed by atoms with Gasteiger partial charge in [-0.25, -0.2) is 8.42 Å². The van der Waals surface area contributed by atoms with E-state index in [1.54, 1.807) is 6.92 Å². The van der Waals surface area contributed by atoms with Crippen LogP contribution in [0.15, 0.2) is 23.4 Å². The Morgan fingerprint density at radius 3 is 2.67 bits per heavy atom. The molecule has 0 saturated heterocycles. The van der Waals surface area contributed by atoms with Crippen LogP contribution < -0.4 is 9.46 Å². The van der Waals surface area contributed by atoms with Gasteiger partial charge in [0.2, 0.25) is 10.0 Å². The van der Waals surface area contributed by atoms with Gasteiger partial charge in [0.15, 0.2) is 0 Å². The first-order valence-corrected chi connectivity index (χ1v) is 8.08. The highest BCUT2D eigenvalue weighted by Crippen LogP contribution is 2.22. The van der Waals surface area contributed by atoms with Crippen LogP contribution in [0.3, 0.4) is 0 Å². The fourth-order valence-electron chi connectivity index (χ4n) is 1.77. The van der Waals surface area contributed by atoms with Crippen molar-refractivity contribution >= 4 is 16.0 Å². The van der Waals surface area contributed by atoms with E-state index in [4.69, 9.17) is 9.84 Å². The third-order valence-electron chi connectivity index (χ3n) is 2.64. The minimum atomic E-state index is -4.02. The van der Waals surface area contributed by atoms with Crippen molar-refractivity contribution in [1.82, 2.24) is 9.71 Å². The van der Waals surface area contributed by atoms with E-state index in [9.17, 15) is 13.2 Å². The second-order valence-electron chi connectivity index (χ2n) is 4.90. The highest BCUT2D eigenvalue weighted by molar-refractivity contribution is 7.89. The Bertz CT molecular complexity index is 586. The second kappa shape index (κ2) is 7.37. The third kappa shape index (κ3) is 4.98. The van der Waals surface area contributed by atoms with E-state index in [-0.39, 0.29) is 23.0 Å². The van der Waals surface area contributed by atoms with Crippen LogP contribution in [0.25, 0.3) is 0 Å². The summed E-state index contributed by atoms with van der Waals surface area (Å²) in [6.45, 7) is 5.66. The van der Waals surface area contributed by atoms with Gasteiger partial charge in [-0.1, -0.05) is 13.8 Å². The number of sulfonamides is 1. The van der Waals surface area contributed by atoms with Gasteiger partial charge in [-0.3, -0.25) is 9.78 Å². The Hall–Kier alpha value is -1.67. The Balaban J connectivity index is 3.07. The van der Waals surface area contributed by atoms with Gasteiger partial charge in [0.1, 0.15) is 16.7 Å². The lowest BCUT2D eigenvalue weighted by Crippen LogP contribution is -2.41. The molecular weight excluding hydrogens is 296 g/mol. The molecule has 21 heavy (non-hydrogen) atoms. The minimum Gasteiger partial charge on any atom is -0.492 e. The molecule has 8 heteroatoms. The van der Waals surface area contributed by atoms with Gasteiger partial charge in [-0.2, -0.15) is 4.72 Å². The van der Waals surface area contributed by atoms with Crippen LogP contribution in [-0.4, -0.2) is 37.1 Å². The number of aromatic nitrogens is 1. The number of pyridine rings is 1. The lowest BCUT2D eigenvalue weighted by Gasteiger charge is -2.17. The van der Waals surface area contributed by atoms with Gasteiger partial charge in [0.25, 0.3) is 0 Å². The van der Waals surface area contributed by atoms with Crippen LogP contribution in [0.1, 0.15) is 27.2 Å². The van der Waals surface area contributed by atoms with Crippen LogP contribution in [0.5, 0.6) is 5.75 Å². The zero-order valence-electron chi connectivity index (χ0n) is 12.2. The summed E-state index contributed by atoms with van der Waals surface area (Å²) < 4.78 is 32.1. The largest absolute Gasteiger partial charge is 0.492 e. The SMILES string of the molecule is CCOc1ccncc1S(=O)(=O)N[C@H](CC(C)C)C(=O)O. The fourth-order valence-corrected chi connectivity index (χ4v) is 3.06. The van der Waals surface area contributed by atoms with E-state index in [0.29, 0.717) is 6.61 Å². The molecule has 1 aromatic rings. The third-order valence-corrected chi connectivity index (χ3v) is 4.12. The average Bonchev–Trinajstić information content (AvgIpc) is 2.38. The smallest absolute Gasteiger partial charge is 0.321 e. The van der Waals surface area contributed by atoms with Crippen LogP contribution in [0, 0.1) is 5.92 Å². The summed E-state index contributed by atoms with van der Waals surface area (Å²) in [6.07, 6.45) is 2.74. The summed E-state index contributed by atoms with van der Waals surface area (Å²) in [7, 11) is -4.02. The number of nitrogens with zero attached hydrogens (tertiary/aromatic N) is 1. The van der Waals surface area contributed by atoms with Gasteiger partial charge >= 0.3 is 5.97 Å². The molecule has 118 valence electrons. The fraction of sp³-hybridized carbons (Fsp3) is 0.538. The van der Waals surface area contributed by atoms with Crippen LogP contribution in [0.4, 0.5) is 0 Å². The summed E-state index contributed by atoms with van der Waals surface area (Å²) in [6, 6.07) is 0.237. The number of ether oxygens (including phenoxy) is 1. The van der Waals surface area contributed by atoms with E-state index < -0.39 is 22.0 Å². The molecule has 1 atom stereocenters. The van der Waals surface area contributed by atoms with Gasteiger partial charge in [0.05, 0.1) is 12.8 Å². The molecule has 0 aromatic carbocycles. The maximum Gasteiger partial charge on any atom is 0.321 e. The van der Waals surface area contributed by atoms with Crippen molar-refractivity contribution in [2.75, 3.05) is 6.61 Å². The number of rotatable bonds is 8. The van der Waals surface area contributed by atoms with Gasteiger partial charge in [-0.05, 0) is 25.3 Å². The maximum absolute atomic E-state index is 12.3. The molecule has 0 bridgehead atoms. The van der Waals surface area contributed by atoms with E-state index in [1.165, 1.54) is 12.3 Å². The number of carboxylic acid groups (broad SMARTS) is 1. The molecule has 0 unspecified atom stereocenters. The summed E-state index contributed by atoms with van der Waals surface area (Å²) in [5, 5.41) is 9.13. The summed E-state index contributed by atoms with van der Waals surface area (Å²) in [5.74, 6) is -1.03. The number of nitrogens with one attached hydrogen (secondary N) is 1. The first-order chi connectivity index (χ1) is 9.77. The lowest BCUT2D eigenvalue weighted by molar-refractivity contribution is -0.139. The predicted molar refractivity (Wildman–Crippen MR) is 76.6 cm³/mol. The van der Waals surface area contributed by atoms with Gasteiger partial charge < -0.3 is 9.84 Å². The Morgan fingerprint density at radius 2 is 2.14 bits per heavy atom. The number of carbonyl (C=O) groups is 1. The predicted octanol–water partition coefficient (Wildman–Crippen LogP) is 1.26. The van der Waals surface area contributed by atoms with Crippen LogP contribution in [0.2, 0.25) is 0 Å². The zero-order valence-corrected chi connectivity index (χ0v) is 13.1. The summed E-state index contributed by atoms with van der Waals surface area (Å²) in [4.78, 5) is 14.8. The lowest BCUT2D eigenvalue weighted by atomic mass is 10.1. The molecule has 0 spiro atoms. The molecule has 7 nitrogen and oxygen atoms in total. The van der Waals surface area contributed by atoms with Crippen LogP contribution in [-0.2, 0) is 14.8 Å². The molecule has 0 radical (unpaired) electrons. The first-order valence-electron chi connectivity index (χ1n) is 6.59. The normalized spacial score (nSPS) is 13.1. The number of hydrogen-bond acceptors (Lipinski definition) is 5. The summed E-state index contributed by atoms with van der Waals surface area (Å²) in [5.41, 5.74) is 0. The first kappa shape index (κ1) is 17.4. The molecule has 1 heterocycles. The van der Waals surface area contributed by atoms with Crippen molar-refractivity contribution in [3.8, 4) is 5.75 Å². The second-order valence-corrected chi connectivity index (χ2v) is 6.58. The molecule has 2 N–H and O–H groups in total. The Morgan fingerprint density at radius 1 is 1.48 bits per heavy atom. The quantitative estimate of drug-likeness (QED) is 0.748. The molecule has 1 rings (SSSR count). The monoisotopic (exact) mass is 316 g/mol. The average molecular weight is 316 g/mol. The highest BCUT2D eigenvalue weighted by Gasteiger charge is 2.28. The molecule has 1 aromatic heterocycles. The summed E-state index contributed by atoms with van der Waals surface area (Å²) >= 11 is 0. The van der Waals surface area contributed by atoms with E-state index >= 15 is 0 Å². The van der Waals surface area contributed by atoms with Crippen molar-refractivity contribution in [2.24, 2.45) is 5.92 Å². The van der Waals surface area contributed by atoms with Gasteiger partial charge in [0, 0.05) is 6.20 Å². The molecule has 0 amide bonds. The van der Waals surface area contributed by atoms with E-state index in [0.717, 1.165) is 6.20 Å². The minimum absolute atomic E-state index is 0.0362. The number of aliphatic carboxylic acids is 1. The van der Waals surface area contributed by atoms with Crippen LogP contribution >= 0.6 is 0 Å². The molecular formula is C13H20N2O5S. The standard InChI is InChI=1S/C13H20N2O5S/c1-4-20-11-5-6-14-8-12(11)21(18,19)15-10(13(16)17)7-9(2)3/h5-6,8-10,15H,4,7H2,1-3H3,(H,16,17)/t10-/m1/s1. The Labute approximate surface area is 124 Å². The topological polar surface area (TPSA) is 106 Å². The molecule has 0 fully saturated rings. The molecule has 0 saturated carbocycles. The van der Waals surface area contributed by atoms with E-state index in [1.807, 2.05) is 13.8 Å². The molecule has 0 aliphatic rings. The van der Waals surface area contributed by atoms with Crippen molar-refractivity contribution < 1.29 is 23.1 Å². The zero-order chi connectivity index (χ0) is 16.0. The maximum atomic E-state index is 12.3. The van der Waals surface area contributed by atoms with E-state index in [2.05, 4.69) is 9.71 Å². The van der Waals surface area contributed by atoms with Crippen molar-refractivity contribution in [2.45, 2.75) is 38.1 Å². The number of hydrogen-bond donors (Lipinski definition) is 2. The molecule has 0 aliphatic heterocycles. The van der Waals surface area contributed by atoms with Crippen molar-refractivity contribution in [1.29, 1.82) is 0 Å². The van der Waals surface area contributed by atoms with Crippen molar-refractivity contribution in [3.05, 3.63) is 18.5 Å². The molecule has 0 aliphatic carbocycles. The highest BCUT2D eigenvalue weighted by atomic mass is 32.2.